The highest BCUT2D eigenvalue weighted by Gasteiger charge is 2.31. The van der Waals surface area contributed by atoms with Gasteiger partial charge >= 0.3 is 0 Å². The summed E-state index contributed by atoms with van der Waals surface area (Å²) < 4.78 is 11.0. The lowest BCUT2D eigenvalue weighted by Gasteiger charge is -2.36. The molecule has 1 atom stereocenters. The van der Waals surface area contributed by atoms with Gasteiger partial charge in [-0.15, -0.1) is 0 Å². The lowest BCUT2D eigenvalue weighted by atomic mass is 9.96. The van der Waals surface area contributed by atoms with Crippen molar-refractivity contribution in [3.63, 3.8) is 0 Å². The van der Waals surface area contributed by atoms with Gasteiger partial charge in [-0.1, -0.05) is 6.07 Å². The van der Waals surface area contributed by atoms with Crippen LogP contribution in [-0.4, -0.2) is 67.6 Å². The van der Waals surface area contributed by atoms with Crippen LogP contribution in [0.15, 0.2) is 18.2 Å². The lowest BCUT2D eigenvalue weighted by molar-refractivity contribution is -0.144. The summed E-state index contributed by atoms with van der Waals surface area (Å²) in [5.41, 5.74) is 2.34. The molecular formula is C20H28N2O4. The molecule has 1 unspecified atom stereocenters. The Morgan fingerprint density at radius 1 is 1.12 bits per heavy atom. The first-order valence-corrected chi connectivity index (χ1v) is 9.39. The van der Waals surface area contributed by atoms with Crippen molar-refractivity contribution in [2.75, 3.05) is 46.0 Å². The van der Waals surface area contributed by atoms with E-state index in [0.717, 1.165) is 18.4 Å². The Kier molecular flexibility index (Phi) is 6.14. The van der Waals surface area contributed by atoms with Crippen molar-refractivity contribution in [1.29, 1.82) is 0 Å². The van der Waals surface area contributed by atoms with Crippen LogP contribution in [0.25, 0.3) is 0 Å². The largest absolute Gasteiger partial charge is 0.484 e. The zero-order valence-electron chi connectivity index (χ0n) is 15.7. The Hall–Kier alpha value is -2.08. The van der Waals surface area contributed by atoms with E-state index in [1.54, 1.807) is 4.90 Å². The molecule has 0 aliphatic carbocycles. The number of rotatable bonds is 4. The summed E-state index contributed by atoms with van der Waals surface area (Å²) >= 11 is 0. The summed E-state index contributed by atoms with van der Waals surface area (Å²) in [6.45, 7) is 7.78. The van der Waals surface area contributed by atoms with Gasteiger partial charge in [0, 0.05) is 26.2 Å². The van der Waals surface area contributed by atoms with Gasteiger partial charge < -0.3 is 19.3 Å². The van der Waals surface area contributed by atoms with Crippen LogP contribution in [0.1, 0.15) is 24.0 Å². The molecule has 1 aromatic carbocycles. The van der Waals surface area contributed by atoms with Crippen LogP contribution in [0.5, 0.6) is 5.75 Å². The van der Waals surface area contributed by atoms with Gasteiger partial charge in [-0.25, -0.2) is 0 Å². The molecular weight excluding hydrogens is 332 g/mol. The van der Waals surface area contributed by atoms with Crippen LogP contribution in [0, 0.1) is 19.8 Å². The minimum atomic E-state index is -0.104. The smallest absolute Gasteiger partial charge is 0.260 e. The van der Waals surface area contributed by atoms with Gasteiger partial charge in [0.1, 0.15) is 5.75 Å². The second-order valence-corrected chi connectivity index (χ2v) is 7.15. The van der Waals surface area contributed by atoms with E-state index in [1.165, 1.54) is 5.56 Å². The summed E-state index contributed by atoms with van der Waals surface area (Å²) in [5, 5.41) is 0. The topological polar surface area (TPSA) is 59.1 Å². The van der Waals surface area contributed by atoms with E-state index in [1.807, 2.05) is 36.9 Å². The fraction of sp³-hybridized carbons (Fsp3) is 0.600. The predicted octanol–water partition coefficient (Wildman–Crippen LogP) is 1.78. The number of likely N-dealkylation sites (tertiary alicyclic amines) is 1. The molecule has 0 saturated carbocycles. The third-order valence-corrected chi connectivity index (χ3v) is 5.29. The molecule has 6 heteroatoms. The van der Waals surface area contributed by atoms with Crippen molar-refractivity contribution in [2.24, 2.45) is 5.92 Å². The highest BCUT2D eigenvalue weighted by atomic mass is 16.5. The molecule has 1 aromatic rings. The van der Waals surface area contributed by atoms with E-state index in [0.29, 0.717) is 45.1 Å². The molecule has 2 fully saturated rings. The number of aryl methyl sites for hydroxylation is 2. The fourth-order valence-electron chi connectivity index (χ4n) is 3.49. The molecule has 26 heavy (non-hydrogen) atoms. The molecule has 2 heterocycles. The second kappa shape index (κ2) is 8.54. The van der Waals surface area contributed by atoms with Crippen LogP contribution in [-0.2, 0) is 14.3 Å². The Labute approximate surface area is 155 Å². The molecule has 0 bridgehead atoms. The number of nitrogens with zero attached hydrogens (tertiary/aromatic N) is 2. The van der Waals surface area contributed by atoms with E-state index in [2.05, 4.69) is 0 Å². The van der Waals surface area contributed by atoms with Gasteiger partial charge in [0.05, 0.1) is 19.1 Å². The maximum absolute atomic E-state index is 12.7. The van der Waals surface area contributed by atoms with Crippen molar-refractivity contribution in [3.8, 4) is 5.75 Å². The maximum atomic E-state index is 12.7. The molecule has 2 aliphatic heterocycles. The number of hydrogen-bond acceptors (Lipinski definition) is 4. The average Bonchev–Trinajstić information content (AvgIpc) is 2.69. The molecule has 2 saturated heterocycles. The van der Waals surface area contributed by atoms with Crippen molar-refractivity contribution >= 4 is 11.8 Å². The highest BCUT2D eigenvalue weighted by molar-refractivity contribution is 5.82. The summed E-state index contributed by atoms with van der Waals surface area (Å²) in [6, 6.07) is 5.83. The first-order valence-electron chi connectivity index (χ1n) is 9.39. The van der Waals surface area contributed by atoms with Gasteiger partial charge in [-0.3, -0.25) is 9.59 Å². The zero-order chi connectivity index (χ0) is 18.5. The first-order chi connectivity index (χ1) is 12.5. The summed E-state index contributed by atoms with van der Waals surface area (Å²) in [6.07, 6.45) is 1.70. The quantitative estimate of drug-likeness (QED) is 0.821. The van der Waals surface area contributed by atoms with Crippen LogP contribution < -0.4 is 4.74 Å². The average molecular weight is 360 g/mol. The Bertz CT molecular complexity index is 655. The SMILES string of the molecule is Cc1ccc(OCC(=O)N2CCCC(C(=O)N3CCOCC3)C2)cc1C. The number of piperidine rings is 1. The van der Waals surface area contributed by atoms with E-state index in [9.17, 15) is 9.59 Å². The third kappa shape index (κ3) is 4.55. The highest BCUT2D eigenvalue weighted by Crippen LogP contribution is 2.21. The lowest BCUT2D eigenvalue weighted by Crippen LogP contribution is -2.50. The van der Waals surface area contributed by atoms with Crippen LogP contribution in [0.3, 0.4) is 0 Å². The van der Waals surface area contributed by atoms with Gasteiger partial charge in [0.15, 0.2) is 6.61 Å². The molecule has 0 spiro atoms. The van der Waals surface area contributed by atoms with Crippen molar-refractivity contribution in [1.82, 2.24) is 9.80 Å². The van der Waals surface area contributed by atoms with Gasteiger partial charge in [-0.2, -0.15) is 0 Å². The maximum Gasteiger partial charge on any atom is 0.260 e. The van der Waals surface area contributed by atoms with Crippen molar-refractivity contribution in [3.05, 3.63) is 29.3 Å². The molecule has 0 aromatic heterocycles. The summed E-state index contributed by atoms with van der Waals surface area (Å²) in [5.74, 6) is 0.704. The van der Waals surface area contributed by atoms with Crippen molar-refractivity contribution < 1.29 is 19.1 Å². The minimum Gasteiger partial charge on any atom is -0.484 e. The number of carbonyl (C=O) groups excluding carboxylic acids is 2. The van der Waals surface area contributed by atoms with Gasteiger partial charge in [-0.05, 0) is 49.9 Å². The molecule has 142 valence electrons. The normalized spacial score (nSPS) is 20.8. The molecule has 0 radical (unpaired) electrons. The summed E-state index contributed by atoms with van der Waals surface area (Å²) in [4.78, 5) is 28.8. The third-order valence-electron chi connectivity index (χ3n) is 5.29. The van der Waals surface area contributed by atoms with E-state index >= 15 is 0 Å². The zero-order valence-corrected chi connectivity index (χ0v) is 15.7. The number of amides is 2. The Morgan fingerprint density at radius 3 is 2.62 bits per heavy atom. The molecule has 3 rings (SSSR count). The molecule has 0 N–H and O–H groups in total. The monoisotopic (exact) mass is 360 g/mol. The number of morpholine rings is 1. The first kappa shape index (κ1) is 18.7. The molecule has 2 amide bonds. The number of benzene rings is 1. The number of ether oxygens (including phenoxy) is 2. The predicted molar refractivity (Wildman–Crippen MR) is 98.1 cm³/mol. The number of carbonyl (C=O) groups is 2. The minimum absolute atomic E-state index is 0.0148. The standard InChI is InChI=1S/C20H28N2O4/c1-15-5-6-18(12-16(15)2)26-14-19(23)22-7-3-4-17(13-22)20(24)21-8-10-25-11-9-21/h5-6,12,17H,3-4,7-11,13-14H2,1-2H3. The Balaban J connectivity index is 1.52. The van der Waals surface area contributed by atoms with Crippen LogP contribution in [0.4, 0.5) is 0 Å². The van der Waals surface area contributed by atoms with Gasteiger partial charge in [0.25, 0.3) is 5.91 Å². The number of hydrogen-bond donors (Lipinski definition) is 0. The summed E-state index contributed by atoms with van der Waals surface area (Å²) in [7, 11) is 0. The Morgan fingerprint density at radius 2 is 1.88 bits per heavy atom. The van der Waals surface area contributed by atoms with Crippen molar-refractivity contribution in [2.45, 2.75) is 26.7 Å². The second-order valence-electron chi connectivity index (χ2n) is 7.15. The van der Waals surface area contributed by atoms with Gasteiger partial charge in [0.2, 0.25) is 5.91 Å². The van der Waals surface area contributed by atoms with E-state index < -0.39 is 0 Å². The van der Waals surface area contributed by atoms with Crippen LogP contribution in [0.2, 0.25) is 0 Å². The van der Waals surface area contributed by atoms with Crippen LogP contribution >= 0.6 is 0 Å². The van der Waals surface area contributed by atoms with E-state index in [4.69, 9.17) is 9.47 Å². The molecule has 6 nitrogen and oxygen atoms in total. The molecule has 2 aliphatic rings. The van der Waals surface area contributed by atoms with E-state index in [-0.39, 0.29) is 24.3 Å². The fourth-order valence-corrected chi connectivity index (χ4v) is 3.49.